The third-order valence-corrected chi connectivity index (χ3v) is 3.27. The summed E-state index contributed by atoms with van der Waals surface area (Å²) < 4.78 is 1.82. The summed E-state index contributed by atoms with van der Waals surface area (Å²) in [4.78, 5) is 4.23. The number of aryl methyl sites for hydroxylation is 2. The first-order chi connectivity index (χ1) is 10.2. The molecule has 0 aliphatic heterocycles. The van der Waals surface area contributed by atoms with Crippen molar-refractivity contribution in [3.63, 3.8) is 0 Å². The molecule has 0 aliphatic carbocycles. The summed E-state index contributed by atoms with van der Waals surface area (Å²) >= 11 is 0. The first-order valence-electron chi connectivity index (χ1n) is 7.15. The molecule has 0 amide bonds. The van der Waals surface area contributed by atoms with Crippen molar-refractivity contribution in [2.24, 2.45) is 12.0 Å². The molecule has 21 heavy (non-hydrogen) atoms. The molecule has 0 spiro atoms. The van der Waals surface area contributed by atoms with Crippen molar-refractivity contribution in [3.8, 4) is 0 Å². The number of hydrogen-bond acceptors (Lipinski definition) is 2. The highest BCUT2D eigenvalue weighted by Crippen LogP contribution is 2.02. The summed E-state index contributed by atoms with van der Waals surface area (Å²) in [6.45, 7) is 3.70. The molecule has 5 nitrogen and oxygen atoms in total. The van der Waals surface area contributed by atoms with Gasteiger partial charge >= 0.3 is 0 Å². The maximum Gasteiger partial charge on any atom is 0.191 e. The maximum absolute atomic E-state index is 4.23. The van der Waals surface area contributed by atoms with Crippen LogP contribution in [0, 0.1) is 6.92 Å². The van der Waals surface area contributed by atoms with Crippen molar-refractivity contribution in [2.45, 2.75) is 19.9 Å². The molecule has 0 aliphatic rings. The highest BCUT2D eigenvalue weighted by molar-refractivity contribution is 5.79. The van der Waals surface area contributed by atoms with Crippen molar-refractivity contribution >= 4 is 5.96 Å². The first kappa shape index (κ1) is 15.1. The Hall–Kier alpha value is -2.30. The number of rotatable bonds is 5. The summed E-state index contributed by atoms with van der Waals surface area (Å²) in [5, 5.41) is 10.8. The summed E-state index contributed by atoms with van der Waals surface area (Å²) in [7, 11) is 3.72. The molecule has 0 fully saturated rings. The van der Waals surface area contributed by atoms with Crippen molar-refractivity contribution in [1.82, 2.24) is 20.4 Å². The van der Waals surface area contributed by atoms with Crippen molar-refractivity contribution in [1.29, 1.82) is 0 Å². The first-order valence-corrected chi connectivity index (χ1v) is 7.15. The predicted molar refractivity (Wildman–Crippen MR) is 86.3 cm³/mol. The number of nitrogens with one attached hydrogen (secondary N) is 2. The standard InChI is InChI=1S/C16H23N5/c1-13-4-6-14(7-5-13)10-19-16(17-2)18-9-8-15-11-20-21(3)12-15/h4-7,11-12H,8-10H2,1-3H3,(H2,17,18,19). The largest absolute Gasteiger partial charge is 0.356 e. The topological polar surface area (TPSA) is 54.2 Å². The molecule has 1 heterocycles. The minimum absolute atomic E-state index is 0.771. The fraction of sp³-hybridized carbons (Fsp3) is 0.375. The normalized spacial score (nSPS) is 11.5. The second kappa shape index (κ2) is 7.47. The maximum atomic E-state index is 4.23. The molecule has 1 aromatic carbocycles. The van der Waals surface area contributed by atoms with E-state index in [1.165, 1.54) is 16.7 Å². The number of benzene rings is 1. The van der Waals surface area contributed by atoms with Crippen molar-refractivity contribution in [3.05, 3.63) is 53.3 Å². The van der Waals surface area contributed by atoms with Crippen LogP contribution in [0.25, 0.3) is 0 Å². The van der Waals surface area contributed by atoms with Crippen LogP contribution >= 0.6 is 0 Å². The van der Waals surface area contributed by atoms with Gasteiger partial charge in [0.1, 0.15) is 0 Å². The van der Waals surface area contributed by atoms with Crippen molar-refractivity contribution < 1.29 is 0 Å². The minimum atomic E-state index is 0.771. The average Bonchev–Trinajstić information content (AvgIpc) is 2.90. The molecule has 2 rings (SSSR count). The Morgan fingerprint density at radius 2 is 1.95 bits per heavy atom. The van der Waals surface area contributed by atoms with Gasteiger partial charge in [-0.2, -0.15) is 5.10 Å². The predicted octanol–water partition coefficient (Wildman–Crippen LogP) is 1.64. The van der Waals surface area contributed by atoms with E-state index in [0.717, 1.165) is 25.5 Å². The molecule has 5 heteroatoms. The molecular weight excluding hydrogens is 262 g/mol. The molecule has 0 saturated carbocycles. The fourth-order valence-electron chi connectivity index (χ4n) is 2.04. The fourth-order valence-corrected chi connectivity index (χ4v) is 2.04. The van der Waals surface area contributed by atoms with Crippen LogP contribution in [-0.2, 0) is 20.0 Å². The van der Waals surface area contributed by atoms with Gasteiger partial charge < -0.3 is 10.6 Å². The smallest absolute Gasteiger partial charge is 0.191 e. The lowest BCUT2D eigenvalue weighted by Gasteiger charge is -2.11. The number of guanidine groups is 1. The van der Waals surface area contributed by atoms with Gasteiger partial charge in [-0.25, -0.2) is 0 Å². The molecule has 2 N–H and O–H groups in total. The third kappa shape index (κ3) is 4.95. The quantitative estimate of drug-likeness (QED) is 0.648. The molecule has 0 atom stereocenters. The van der Waals surface area contributed by atoms with Gasteiger partial charge in [0.15, 0.2) is 5.96 Å². The Kier molecular flexibility index (Phi) is 5.37. The Balaban J connectivity index is 1.74. The molecule has 0 radical (unpaired) electrons. The monoisotopic (exact) mass is 285 g/mol. The van der Waals surface area contributed by atoms with Gasteiger partial charge in [-0.15, -0.1) is 0 Å². The molecule has 0 bridgehead atoms. The van der Waals surface area contributed by atoms with Crippen LogP contribution in [0.2, 0.25) is 0 Å². The van der Waals surface area contributed by atoms with E-state index in [4.69, 9.17) is 0 Å². The van der Waals surface area contributed by atoms with Gasteiger partial charge in [0, 0.05) is 33.4 Å². The van der Waals surface area contributed by atoms with Gasteiger partial charge in [0.2, 0.25) is 0 Å². The van der Waals surface area contributed by atoms with Crippen LogP contribution in [0.1, 0.15) is 16.7 Å². The van der Waals surface area contributed by atoms with E-state index in [0.29, 0.717) is 0 Å². The zero-order chi connectivity index (χ0) is 15.1. The third-order valence-electron chi connectivity index (χ3n) is 3.27. The Morgan fingerprint density at radius 3 is 2.57 bits per heavy atom. The number of aliphatic imine (C=N–C) groups is 1. The van der Waals surface area contributed by atoms with E-state index in [2.05, 4.69) is 51.9 Å². The number of hydrogen-bond donors (Lipinski definition) is 2. The van der Waals surface area contributed by atoms with Crippen LogP contribution in [0.3, 0.4) is 0 Å². The highest BCUT2D eigenvalue weighted by atomic mass is 15.2. The van der Waals surface area contributed by atoms with E-state index in [-0.39, 0.29) is 0 Å². The molecule has 0 saturated heterocycles. The van der Waals surface area contributed by atoms with E-state index in [1.807, 2.05) is 24.1 Å². The van der Waals surface area contributed by atoms with Crippen LogP contribution in [-0.4, -0.2) is 29.3 Å². The molecule has 112 valence electrons. The number of aromatic nitrogens is 2. The minimum Gasteiger partial charge on any atom is -0.356 e. The van der Waals surface area contributed by atoms with Crippen LogP contribution in [0.15, 0.2) is 41.7 Å². The van der Waals surface area contributed by atoms with Gasteiger partial charge in [0.25, 0.3) is 0 Å². The number of nitrogens with zero attached hydrogens (tertiary/aromatic N) is 3. The van der Waals surface area contributed by atoms with Gasteiger partial charge in [-0.05, 0) is 24.5 Å². The zero-order valence-corrected chi connectivity index (χ0v) is 12.9. The lowest BCUT2D eigenvalue weighted by molar-refractivity contribution is 0.764. The highest BCUT2D eigenvalue weighted by Gasteiger charge is 2.00. The zero-order valence-electron chi connectivity index (χ0n) is 12.9. The van der Waals surface area contributed by atoms with Crippen LogP contribution in [0.4, 0.5) is 0 Å². The van der Waals surface area contributed by atoms with Crippen LogP contribution < -0.4 is 10.6 Å². The summed E-state index contributed by atoms with van der Waals surface area (Å²) in [6.07, 6.45) is 4.85. The second-order valence-electron chi connectivity index (χ2n) is 5.11. The van der Waals surface area contributed by atoms with Crippen molar-refractivity contribution in [2.75, 3.05) is 13.6 Å². The lowest BCUT2D eigenvalue weighted by atomic mass is 10.1. The average molecular weight is 285 g/mol. The van der Waals surface area contributed by atoms with E-state index < -0.39 is 0 Å². The van der Waals surface area contributed by atoms with E-state index >= 15 is 0 Å². The van der Waals surface area contributed by atoms with E-state index in [1.54, 1.807) is 7.05 Å². The summed E-state index contributed by atoms with van der Waals surface area (Å²) in [5.41, 5.74) is 3.74. The summed E-state index contributed by atoms with van der Waals surface area (Å²) in [5.74, 6) is 0.819. The Bertz CT molecular complexity index is 583. The molecule has 0 unspecified atom stereocenters. The van der Waals surface area contributed by atoms with Gasteiger partial charge in [-0.1, -0.05) is 29.8 Å². The second-order valence-corrected chi connectivity index (χ2v) is 5.11. The molecule has 1 aromatic heterocycles. The SMILES string of the molecule is CN=C(NCCc1cnn(C)c1)NCc1ccc(C)cc1. The van der Waals surface area contributed by atoms with E-state index in [9.17, 15) is 0 Å². The summed E-state index contributed by atoms with van der Waals surface area (Å²) in [6, 6.07) is 8.50. The molecule has 2 aromatic rings. The Morgan fingerprint density at radius 1 is 1.19 bits per heavy atom. The van der Waals surface area contributed by atoms with Gasteiger partial charge in [0.05, 0.1) is 6.20 Å². The van der Waals surface area contributed by atoms with Gasteiger partial charge in [-0.3, -0.25) is 9.67 Å². The Labute approximate surface area is 126 Å². The molecular formula is C16H23N5. The lowest BCUT2D eigenvalue weighted by Crippen LogP contribution is -2.37. The van der Waals surface area contributed by atoms with Crippen LogP contribution in [0.5, 0.6) is 0 Å².